The molecule has 0 saturated carbocycles. The molecular formula is C19H25N7. The first kappa shape index (κ1) is 16.8. The molecule has 1 fully saturated rings. The second-order valence-electron chi connectivity index (χ2n) is 6.71. The number of hydrogen-bond acceptors (Lipinski definition) is 6. The minimum absolute atomic E-state index is 0.448. The molecular weight excluding hydrogens is 326 g/mol. The molecule has 7 heteroatoms. The van der Waals surface area contributed by atoms with Gasteiger partial charge < -0.3 is 20.1 Å². The fourth-order valence-corrected chi connectivity index (χ4v) is 3.69. The summed E-state index contributed by atoms with van der Waals surface area (Å²) < 4.78 is 2.17. The monoisotopic (exact) mass is 351 g/mol. The Morgan fingerprint density at radius 1 is 1.23 bits per heavy atom. The maximum absolute atomic E-state index is 4.73. The zero-order valence-corrected chi connectivity index (χ0v) is 15.3. The fourth-order valence-electron chi connectivity index (χ4n) is 3.69. The number of rotatable bonds is 6. The number of nitrogens with zero attached hydrogens (tertiary/aromatic N) is 5. The van der Waals surface area contributed by atoms with E-state index in [1.54, 1.807) is 6.33 Å². The fraction of sp³-hybridized carbons (Fsp3) is 0.421. The van der Waals surface area contributed by atoms with Crippen molar-refractivity contribution in [3.8, 4) is 0 Å². The van der Waals surface area contributed by atoms with Crippen LogP contribution in [-0.4, -0.2) is 45.7 Å². The zero-order valence-electron chi connectivity index (χ0n) is 15.3. The van der Waals surface area contributed by atoms with Crippen LogP contribution in [0.25, 0.3) is 11.0 Å². The minimum Gasteiger partial charge on any atom is -0.373 e. The topological polar surface area (TPSA) is 70.9 Å². The summed E-state index contributed by atoms with van der Waals surface area (Å²) in [5, 5.41) is 6.67. The van der Waals surface area contributed by atoms with Crippen LogP contribution >= 0.6 is 0 Å². The van der Waals surface area contributed by atoms with E-state index in [4.69, 9.17) is 4.98 Å². The van der Waals surface area contributed by atoms with Crippen LogP contribution in [0.1, 0.15) is 18.7 Å². The molecule has 1 aliphatic heterocycles. The van der Waals surface area contributed by atoms with Gasteiger partial charge in [0.2, 0.25) is 0 Å². The number of aromatic nitrogens is 4. The molecule has 0 bridgehead atoms. The van der Waals surface area contributed by atoms with Crippen LogP contribution in [-0.2, 0) is 13.6 Å². The number of aryl methyl sites for hydroxylation is 1. The van der Waals surface area contributed by atoms with E-state index in [9.17, 15) is 0 Å². The smallest absolute Gasteiger partial charge is 0.134 e. The van der Waals surface area contributed by atoms with E-state index in [1.807, 2.05) is 19.2 Å². The van der Waals surface area contributed by atoms with Crippen LogP contribution in [0, 0.1) is 0 Å². The van der Waals surface area contributed by atoms with Gasteiger partial charge in [-0.05, 0) is 25.0 Å². The standard InChI is InChI=1S/C19H25N7/c1-20-17-10-18(23-13-22-17)26-9-5-6-14(26)11-21-12-19-24-15-7-3-4-8-16(15)25(19)2/h3-4,7-8,10,13-14,21H,5-6,9,11-12H2,1-2H3,(H,20,22,23)/t14-/m1/s1. The molecule has 136 valence electrons. The van der Waals surface area contributed by atoms with Gasteiger partial charge in [-0.3, -0.25) is 0 Å². The first-order valence-electron chi connectivity index (χ1n) is 9.14. The zero-order chi connectivity index (χ0) is 17.9. The summed E-state index contributed by atoms with van der Waals surface area (Å²) in [7, 11) is 3.96. The second-order valence-corrected chi connectivity index (χ2v) is 6.71. The van der Waals surface area contributed by atoms with Gasteiger partial charge in [-0.25, -0.2) is 15.0 Å². The molecule has 7 nitrogen and oxygen atoms in total. The summed E-state index contributed by atoms with van der Waals surface area (Å²) in [6.07, 6.45) is 4.00. The van der Waals surface area contributed by atoms with Gasteiger partial charge in [-0.15, -0.1) is 0 Å². The third-order valence-corrected chi connectivity index (χ3v) is 5.12. The van der Waals surface area contributed by atoms with Gasteiger partial charge in [-0.1, -0.05) is 12.1 Å². The Morgan fingerprint density at radius 3 is 2.96 bits per heavy atom. The molecule has 0 spiro atoms. The molecule has 3 heterocycles. The first-order valence-corrected chi connectivity index (χ1v) is 9.14. The summed E-state index contributed by atoms with van der Waals surface area (Å²) in [6, 6.07) is 10.7. The summed E-state index contributed by atoms with van der Waals surface area (Å²) in [5.41, 5.74) is 2.22. The Morgan fingerprint density at radius 2 is 2.12 bits per heavy atom. The summed E-state index contributed by atoms with van der Waals surface area (Å²) in [5.74, 6) is 2.92. The lowest BCUT2D eigenvalue weighted by Gasteiger charge is -2.26. The largest absolute Gasteiger partial charge is 0.373 e. The van der Waals surface area contributed by atoms with Gasteiger partial charge in [0.1, 0.15) is 23.8 Å². The van der Waals surface area contributed by atoms with Crippen LogP contribution < -0.4 is 15.5 Å². The van der Waals surface area contributed by atoms with Crippen molar-refractivity contribution in [1.29, 1.82) is 0 Å². The van der Waals surface area contributed by atoms with E-state index in [0.717, 1.165) is 42.6 Å². The predicted molar refractivity (Wildman–Crippen MR) is 104 cm³/mol. The third-order valence-electron chi connectivity index (χ3n) is 5.12. The van der Waals surface area contributed by atoms with Crippen molar-refractivity contribution in [2.24, 2.45) is 7.05 Å². The van der Waals surface area contributed by atoms with Crippen molar-refractivity contribution in [1.82, 2.24) is 24.8 Å². The number of nitrogens with one attached hydrogen (secondary N) is 2. The highest BCUT2D eigenvalue weighted by molar-refractivity contribution is 5.75. The van der Waals surface area contributed by atoms with Crippen LogP contribution in [0.4, 0.5) is 11.6 Å². The molecule has 26 heavy (non-hydrogen) atoms. The minimum atomic E-state index is 0.448. The van der Waals surface area contributed by atoms with Crippen molar-refractivity contribution in [2.75, 3.05) is 30.4 Å². The lowest BCUT2D eigenvalue weighted by atomic mass is 10.2. The van der Waals surface area contributed by atoms with Gasteiger partial charge in [-0.2, -0.15) is 0 Å². The van der Waals surface area contributed by atoms with Gasteiger partial charge in [0.25, 0.3) is 0 Å². The Hall–Kier alpha value is -2.67. The number of benzene rings is 1. The van der Waals surface area contributed by atoms with E-state index in [-0.39, 0.29) is 0 Å². The summed E-state index contributed by atoms with van der Waals surface area (Å²) >= 11 is 0. The maximum Gasteiger partial charge on any atom is 0.134 e. The number of para-hydroxylation sites is 2. The molecule has 0 aliphatic carbocycles. The van der Waals surface area contributed by atoms with Crippen LogP contribution in [0.3, 0.4) is 0 Å². The van der Waals surface area contributed by atoms with E-state index in [2.05, 4.69) is 55.3 Å². The molecule has 1 aliphatic rings. The number of imidazole rings is 1. The average Bonchev–Trinajstić information content (AvgIpc) is 3.27. The number of hydrogen-bond donors (Lipinski definition) is 2. The van der Waals surface area contributed by atoms with E-state index in [0.29, 0.717) is 6.04 Å². The lowest BCUT2D eigenvalue weighted by molar-refractivity contribution is 0.555. The van der Waals surface area contributed by atoms with Crippen LogP contribution in [0.2, 0.25) is 0 Å². The van der Waals surface area contributed by atoms with E-state index in [1.165, 1.54) is 18.4 Å². The molecule has 4 rings (SSSR count). The van der Waals surface area contributed by atoms with Crippen molar-refractivity contribution in [3.05, 3.63) is 42.5 Å². The lowest BCUT2D eigenvalue weighted by Crippen LogP contribution is -2.38. The predicted octanol–water partition coefficient (Wildman–Crippen LogP) is 2.16. The van der Waals surface area contributed by atoms with Crippen LogP contribution in [0.5, 0.6) is 0 Å². The normalized spacial score (nSPS) is 17.2. The van der Waals surface area contributed by atoms with Crippen molar-refractivity contribution < 1.29 is 0 Å². The highest BCUT2D eigenvalue weighted by atomic mass is 15.3. The van der Waals surface area contributed by atoms with Crippen molar-refractivity contribution in [3.63, 3.8) is 0 Å². The molecule has 3 aromatic rings. The summed E-state index contributed by atoms with van der Waals surface area (Å²) in [4.78, 5) is 15.8. The van der Waals surface area contributed by atoms with Crippen molar-refractivity contribution in [2.45, 2.75) is 25.4 Å². The SMILES string of the molecule is CNc1cc(N2CCC[C@@H]2CNCc2nc3ccccc3n2C)ncn1. The molecule has 0 unspecified atom stereocenters. The van der Waals surface area contributed by atoms with E-state index < -0.39 is 0 Å². The molecule has 0 amide bonds. The molecule has 2 N–H and O–H groups in total. The first-order chi connectivity index (χ1) is 12.8. The van der Waals surface area contributed by atoms with Crippen molar-refractivity contribution >= 4 is 22.7 Å². The second kappa shape index (κ2) is 7.29. The Kier molecular flexibility index (Phi) is 4.71. The van der Waals surface area contributed by atoms with Gasteiger partial charge in [0.05, 0.1) is 17.6 Å². The maximum atomic E-state index is 4.73. The third kappa shape index (κ3) is 3.22. The molecule has 1 saturated heterocycles. The molecule has 1 aromatic carbocycles. The highest BCUT2D eigenvalue weighted by Gasteiger charge is 2.25. The molecule has 0 radical (unpaired) electrons. The van der Waals surface area contributed by atoms with E-state index >= 15 is 0 Å². The quantitative estimate of drug-likeness (QED) is 0.709. The Labute approximate surface area is 153 Å². The highest BCUT2D eigenvalue weighted by Crippen LogP contribution is 2.24. The Balaban J connectivity index is 1.41. The van der Waals surface area contributed by atoms with Crippen LogP contribution in [0.15, 0.2) is 36.7 Å². The average molecular weight is 351 g/mol. The van der Waals surface area contributed by atoms with Gasteiger partial charge in [0.15, 0.2) is 0 Å². The number of fused-ring (bicyclic) bond motifs is 1. The number of anilines is 2. The summed E-state index contributed by atoms with van der Waals surface area (Å²) in [6.45, 7) is 2.72. The Bertz CT molecular complexity index is 888. The van der Waals surface area contributed by atoms with Gasteiger partial charge in [0, 0.05) is 39.3 Å². The van der Waals surface area contributed by atoms with Gasteiger partial charge >= 0.3 is 0 Å². The molecule has 2 aromatic heterocycles. The molecule has 1 atom stereocenters.